The van der Waals surface area contributed by atoms with E-state index in [1.165, 1.54) is 18.5 Å². The fourth-order valence-corrected chi connectivity index (χ4v) is 3.72. The normalized spacial score (nSPS) is 14.5. The number of anilines is 3. The molecule has 1 aliphatic heterocycles. The summed E-state index contributed by atoms with van der Waals surface area (Å²) in [6.45, 7) is 8.32. The lowest BCUT2D eigenvalue weighted by atomic mass is 9.99. The Kier molecular flexibility index (Phi) is 6.91. The molecule has 0 saturated carbocycles. The lowest BCUT2D eigenvalue weighted by Crippen LogP contribution is -2.33. The van der Waals surface area contributed by atoms with E-state index in [0.717, 1.165) is 35.9 Å². The second-order valence-electron chi connectivity index (χ2n) is 7.97. The molecule has 2 aromatic carbocycles. The van der Waals surface area contributed by atoms with Crippen molar-refractivity contribution >= 4 is 28.9 Å². The number of nitrogens with one attached hydrogen (secondary N) is 1. The van der Waals surface area contributed by atoms with Gasteiger partial charge >= 0.3 is 0 Å². The minimum absolute atomic E-state index is 0.0618. The number of rotatable bonds is 6. The van der Waals surface area contributed by atoms with Gasteiger partial charge in [0.05, 0.1) is 0 Å². The molecule has 1 saturated heterocycles. The summed E-state index contributed by atoms with van der Waals surface area (Å²) in [5, 5.41) is 2.93. The van der Waals surface area contributed by atoms with Crippen LogP contribution in [-0.4, -0.2) is 31.4 Å². The Bertz CT molecular complexity index is 839. The quantitative estimate of drug-likeness (QED) is 0.779. The predicted molar refractivity (Wildman–Crippen MR) is 120 cm³/mol. The Labute approximate surface area is 173 Å². The van der Waals surface area contributed by atoms with E-state index in [2.05, 4.69) is 29.3 Å². The molecule has 1 heterocycles. The van der Waals surface area contributed by atoms with Gasteiger partial charge in [-0.15, -0.1) is 0 Å². The van der Waals surface area contributed by atoms with Crippen molar-refractivity contribution < 1.29 is 9.59 Å². The van der Waals surface area contributed by atoms with Gasteiger partial charge in [0.15, 0.2) is 0 Å². The number of amides is 2. The van der Waals surface area contributed by atoms with Gasteiger partial charge in [-0.25, -0.2) is 0 Å². The summed E-state index contributed by atoms with van der Waals surface area (Å²) >= 11 is 0. The van der Waals surface area contributed by atoms with E-state index in [9.17, 15) is 9.59 Å². The molecule has 0 aliphatic carbocycles. The van der Waals surface area contributed by atoms with Gasteiger partial charge in [0.25, 0.3) is 0 Å². The van der Waals surface area contributed by atoms with Gasteiger partial charge < -0.3 is 15.1 Å². The van der Waals surface area contributed by atoms with Gasteiger partial charge in [0.1, 0.15) is 0 Å². The van der Waals surface area contributed by atoms with Crippen LogP contribution in [0.5, 0.6) is 0 Å². The van der Waals surface area contributed by atoms with E-state index in [1.54, 1.807) is 11.8 Å². The molecule has 5 heteroatoms. The summed E-state index contributed by atoms with van der Waals surface area (Å²) in [6, 6.07) is 15.8. The lowest BCUT2D eigenvalue weighted by Gasteiger charge is -2.32. The smallest absolute Gasteiger partial charge is 0.226 e. The van der Waals surface area contributed by atoms with Crippen LogP contribution in [0.1, 0.15) is 38.7 Å². The van der Waals surface area contributed by atoms with E-state index < -0.39 is 0 Å². The Morgan fingerprint density at radius 3 is 2.34 bits per heavy atom. The first kappa shape index (κ1) is 20.9. The summed E-state index contributed by atoms with van der Waals surface area (Å²) in [5.74, 6) is 0.641. The van der Waals surface area contributed by atoms with Crippen LogP contribution in [0.15, 0.2) is 48.5 Å². The van der Waals surface area contributed by atoms with Crippen molar-refractivity contribution in [3.63, 3.8) is 0 Å². The maximum atomic E-state index is 12.4. The zero-order valence-electron chi connectivity index (χ0n) is 17.6. The Balaban J connectivity index is 1.60. The first-order valence-electron chi connectivity index (χ1n) is 10.4. The summed E-state index contributed by atoms with van der Waals surface area (Å²) in [4.78, 5) is 28.6. The summed E-state index contributed by atoms with van der Waals surface area (Å²) in [6.07, 6.45) is 2.69. The van der Waals surface area contributed by atoms with E-state index in [0.29, 0.717) is 6.54 Å². The average molecular weight is 394 g/mol. The lowest BCUT2D eigenvalue weighted by molar-refractivity contribution is -0.117. The second-order valence-corrected chi connectivity index (χ2v) is 7.97. The van der Waals surface area contributed by atoms with Gasteiger partial charge in [0, 0.05) is 50.0 Å². The number of nitrogens with zero attached hydrogens (tertiary/aromatic N) is 2. The molecule has 0 bridgehead atoms. The van der Waals surface area contributed by atoms with E-state index in [1.807, 2.05) is 43.3 Å². The molecule has 0 atom stereocenters. The maximum absolute atomic E-state index is 12.4. The van der Waals surface area contributed by atoms with Gasteiger partial charge in [0.2, 0.25) is 11.8 Å². The van der Waals surface area contributed by atoms with Crippen LogP contribution in [0, 0.1) is 12.8 Å². The van der Waals surface area contributed by atoms with Crippen LogP contribution in [-0.2, 0) is 9.59 Å². The molecule has 0 radical (unpaired) electrons. The summed E-state index contributed by atoms with van der Waals surface area (Å²) in [5.41, 5.74) is 3.86. The van der Waals surface area contributed by atoms with Crippen molar-refractivity contribution in [1.82, 2.24) is 0 Å². The van der Waals surface area contributed by atoms with E-state index in [4.69, 9.17) is 0 Å². The molecular formula is C24H31N3O2. The van der Waals surface area contributed by atoms with Crippen LogP contribution in [0.3, 0.4) is 0 Å². The Morgan fingerprint density at radius 2 is 1.72 bits per heavy atom. The number of para-hydroxylation sites is 1. The fraction of sp³-hybridized carbons (Fsp3) is 0.417. The summed E-state index contributed by atoms with van der Waals surface area (Å²) in [7, 11) is 0. The first-order chi connectivity index (χ1) is 13.9. The van der Waals surface area contributed by atoms with Crippen molar-refractivity contribution in [3.05, 3.63) is 54.1 Å². The highest BCUT2D eigenvalue weighted by Crippen LogP contribution is 2.26. The predicted octanol–water partition coefficient (Wildman–Crippen LogP) is 4.61. The molecule has 5 nitrogen and oxygen atoms in total. The molecule has 29 heavy (non-hydrogen) atoms. The highest BCUT2D eigenvalue weighted by Gasteiger charge is 2.18. The molecular weight excluding hydrogens is 362 g/mol. The van der Waals surface area contributed by atoms with Crippen LogP contribution < -0.4 is 15.1 Å². The molecule has 0 aromatic heterocycles. The molecule has 1 N–H and O–H groups in total. The van der Waals surface area contributed by atoms with Crippen LogP contribution in [0.4, 0.5) is 17.1 Å². The SMILES string of the molecule is CC(=O)N(CCC(=O)Nc1ccccc1C)c1ccc(N2CCC(C)CC2)cc1. The topological polar surface area (TPSA) is 52.7 Å². The molecule has 0 spiro atoms. The highest BCUT2D eigenvalue weighted by molar-refractivity contribution is 5.95. The molecule has 2 aromatic rings. The standard InChI is InChI=1S/C24H31N3O2/c1-18-12-15-26(16-13-18)21-8-10-22(11-9-21)27(20(3)28)17-14-24(29)25-23-7-5-4-6-19(23)2/h4-11,18H,12-17H2,1-3H3,(H,25,29). The molecule has 0 unspecified atom stereocenters. The molecule has 3 rings (SSSR count). The largest absolute Gasteiger partial charge is 0.372 e. The van der Waals surface area contributed by atoms with Gasteiger partial charge in [-0.05, 0) is 61.6 Å². The van der Waals surface area contributed by atoms with E-state index in [-0.39, 0.29) is 18.2 Å². The molecule has 2 amide bonds. The van der Waals surface area contributed by atoms with Crippen molar-refractivity contribution in [2.75, 3.05) is 34.8 Å². The third-order valence-corrected chi connectivity index (χ3v) is 5.67. The third-order valence-electron chi connectivity index (χ3n) is 5.67. The van der Waals surface area contributed by atoms with Crippen molar-refractivity contribution in [3.8, 4) is 0 Å². The van der Waals surface area contributed by atoms with Crippen molar-refractivity contribution in [2.45, 2.75) is 40.0 Å². The van der Waals surface area contributed by atoms with Crippen LogP contribution in [0.2, 0.25) is 0 Å². The number of carbonyl (C=O) groups excluding carboxylic acids is 2. The van der Waals surface area contributed by atoms with Gasteiger partial charge in [-0.1, -0.05) is 25.1 Å². The molecule has 1 aliphatic rings. The zero-order chi connectivity index (χ0) is 20.8. The molecule has 1 fully saturated rings. The van der Waals surface area contributed by atoms with Crippen LogP contribution >= 0.6 is 0 Å². The van der Waals surface area contributed by atoms with Crippen molar-refractivity contribution in [2.24, 2.45) is 5.92 Å². The number of carbonyl (C=O) groups is 2. The number of piperidine rings is 1. The Hall–Kier alpha value is -2.82. The monoisotopic (exact) mass is 393 g/mol. The second kappa shape index (κ2) is 9.59. The maximum Gasteiger partial charge on any atom is 0.226 e. The van der Waals surface area contributed by atoms with Gasteiger partial charge in [-0.2, -0.15) is 0 Å². The molecule has 154 valence electrons. The highest BCUT2D eigenvalue weighted by atomic mass is 16.2. The number of aryl methyl sites for hydroxylation is 1. The third kappa shape index (κ3) is 5.59. The number of hydrogen-bond acceptors (Lipinski definition) is 3. The Morgan fingerprint density at radius 1 is 1.07 bits per heavy atom. The van der Waals surface area contributed by atoms with Gasteiger partial charge in [-0.3, -0.25) is 9.59 Å². The summed E-state index contributed by atoms with van der Waals surface area (Å²) < 4.78 is 0. The zero-order valence-corrected chi connectivity index (χ0v) is 17.6. The first-order valence-corrected chi connectivity index (χ1v) is 10.4. The minimum Gasteiger partial charge on any atom is -0.372 e. The van der Waals surface area contributed by atoms with E-state index >= 15 is 0 Å². The number of benzene rings is 2. The minimum atomic E-state index is -0.0930. The fourth-order valence-electron chi connectivity index (χ4n) is 3.72. The van der Waals surface area contributed by atoms with Crippen molar-refractivity contribution in [1.29, 1.82) is 0 Å². The number of hydrogen-bond donors (Lipinski definition) is 1. The average Bonchev–Trinajstić information content (AvgIpc) is 2.71. The van der Waals surface area contributed by atoms with Crippen LogP contribution in [0.25, 0.3) is 0 Å².